The van der Waals surface area contributed by atoms with E-state index in [0.717, 1.165) is 6.54 Å². The van der Waals surface area contributed by atoms with Crippen LogP contribution in [-0.2, 0) is 12.8 Å². The number of nitrogens with zero attached hydrogens (tertiary/aromatic N) is 1. The molecule has 1 fully saturated rings. The van der Waals surface area contributed by atoms with E-state index in [0.29, 0.717) is 18.0 Å². The molecule has 1 saturated heterocycles. The van der Waals surface area contributed by atoms with Gasteiger partial charge in [-0.2, -0.15) is 0 Å². The number of hydrogen-bond acceptors (Lipinski definition) is 2. The molecule has 0 spiro atoms. The molecule has 2 aliphatic rings. The van der Waals surface area contributed by atoms with Crippen molar-refractivity contribution >= 4 is 0 Å². The highest BCUT2D eigenvalue weighted by Gasteiger charge is 2.31. The van der Waals surface area contributed by atoms with Crippen molar-refractivity contribution in [3.63, 3.8) is 0 Å². The monoisotopic (exact) mass is 230 g/mol. The summed E-state index contributed by atoms with van der Waals surface area (Å²) in [5, 5.41) is 0. The first-order chi connectivity index (χ1) is 8.24. The molecule has 0 bridgehead atoms. The van der Waals surface area contributed by atoms with Gasteiger partial charge in [-0.3, -0.25) is 4.90 Å². The number of piperidine rings is 1. The van der Waals surface area contributed by atoms with Crippen LogP contribution >= 0.6 is 0 Å². The first kappa shape index (κ1) is 11.2. The summed E-state index contributed by atoms with van der Waals surface area (Å²) < 4.78 is 0. The van der Waals surface area contributed by atoms with Crippen LogP contribution in [0.15, 0.2) is 24.3 Å². The normalized spacial score (nSPS) is 30.5. The molecule has 1 aromatic carbocycles. The Morgan fingerprint density at radius 3 is 2.41 bits per heavy atom. The maximum absolute atomic E-state index is 6.20. The lowest BCUT2D eigenvalue weighted by Crippen LogP contribution is -2.51. The fourth-order valence-electron chi connectivity index (χ4n) is 3.25. The van der Waals surface area contributed by atoms with Crippen LogP contribution in [0.3, 0.4) is 0 Å². The quantitative estimate of drug-likeness (QED) is 0.797. The number of benzene rings is 1. The lowest BCUT2D eigenvalue weighted by atomic mass is 9.93. The first-order valence-corrected chi connectivity index (χ1v) is 6.80. The minimum absolute atomic E-state index is 0.368. The lowest BCUT2D eigenvalue weighted by Gasteiger charge is -2.38. The summed E-state index contributed by atoms with van der Waals surface area (Å²) in [4.78, 5) is 2.62. The van der Waals surface area contributed by atoms with Gasteiger partial charge in [0.2, 0.25) is 0 Å². The van der Waals surface area contributed by atoms with E-state index in [1.165, 1.54) is 25.8 Å². The van der Waals surface area contributed by atoms with E-state index in [1.54, 1.807) is 11.1 Å². The maximum atomic E-state index is 6.20. The summed E-state index contributed by atoms with van der Waals surface area (Å²) in [5.74, 6) is 0.690. The fourth-order valence-corrected chi connectivity index (χ4v) is 3.25. The van der Waals surface area contributed by atoms with Crippen molar-refractivity contribution in [1.82, 2.24) is 4.90 Å². The van der Waals surface area contributed by atoms with E-state index in [4.69, 9.17) is 5.73 Å². The average molecular weight is 230 g/mol. The molecular weight excluding hydrogens is 208 g/mol. The molecule has 0 aromatic heterocycles. The Morgan fingerprint density at radius 1 is 1.18 bits per heavy atom. The second kappa shape index (κ2) is 4.43. The third kappa shape index (κ3) is 2.12. The molecule has 1 heterocycles. The smallest absolute Gasteiger partial charge is 0.0194 e. The number of fused-ring (bicyclic) bond motifs is 1. The van der Waals surface area contributed by atoms with Crippen molar-refractivity contribution in [2.24, 2.45) is 11.7 Å². The van der Waals surface area contributed by atoms with Gasteiger partial charge in [-0.15, -0.1) is 0 Å². The Kier molecular flexibility index (Phi) is 2.93. The van der Waals surface area contributed by atoms with Crippen LogP contribution in [0.5, 0.6) is 0 Å². The van der Waals surface area contributed by atoms with Gasteiger partial charge in [0.15, 0.2) is 0 Å². The molecule has 3 rings (SSSR count). The molecule has 2 atom stereocenters. The van der Waals surface area contributed by atoms with Crippen LogP contribution in [0, 0.1) is 5.92 Å². The van der Waals surface area contributed by atoms with Gasteiger partial charge >= 0.3 is 0 Å². The summed E-state index contributed by atoms with van der Waals surface area (Å²) in [6, 6.07) is 9.94. The van der Waals surface area contributed by atoms with Gasteiger partial charge in [0.05, 0.1) is 0 Å². The second-order valence-corrected chi connectivity index (χ2v) is 5.76. The van der Waals surface area contributed by atoms with Crippen LogP contribution in [0.25, 0.3) is 0 Å². The van der Waals surface area contributed by atoms with Gasteiger partial charge in [0.25, 0.3) is 0 Å². The Labute approximate surface area is 104 Å². The zero-order valence-corrected chi connectivity index (χ0v) is 10.6. The van der Waals surface area contributed by atoms with Crippen LogP contribution in [0.4, 0.5) is 0 Å². The minimum Gasteiger partial charge on any atom is -0.326 e. The van der Waals surface area contributed by atoms with Gasteiger partial charge in [0.1, 0.15) is 0 Å². The maximum Gasteiger partial charge on any atom is 0.0194 e. The predicted octanol–water partition coefficient (Wildman–Crippen LogP) is 1.82. The molecule has 92 valence electrons. The molecule has 1 aliphatic heterocycles. The van der Waals surface area contributed by atoms with Gasteiger partial charge in [-0.1, -0.05) is 31.2 Å². The van der Waals surface area contributed by atoms with Gasteiger partial charge < -0.3 is 5.73 Å². The van der Waals surface area contributed by atoms with Crippen molar-refractivity contribution in [3.05, 3.63) is 35.4 Å². The summed E-state index contributed by atoms with van der Waals surface area (Å²) >= 11 is 0. The SMILES string of the molecule is CC1CCN(C2Cc3ccccc3C2)CC1N. The highest BCUT2D eigenvalue weighted by molar-refractivity contribution is 5.33. The molecule has 2 heteroatoms. The van der Waals surface area contributed by atoms with Crippen molar-refractivity contribution in [1.29, 1.82) is 0 Å². The summed E-state index contributed by atoms with van der Waals surface area (Å²) in [6.45, 7) is 4.60. The molecule has 2 N–H and O–H groups in total. The van der Waals surface area contributed by atoms with Crippen molar-refractivity contribution in [3.8, 4) is 0 Å². The van der Waals surface area contributed by atoms with Gasteiger partial charge in [-0.25, -0.2) is 0 Å². The standard InChI is InChI=1S/C15H22N2/c1-11-6-7-17(10-15(11)16)14-8-12-4-2-3-5-13(12)9-14/h2-5,11,14-15H,6-10,16H2,1H3. The number of rotatable bonds is 1. The zero-order chi connectivity index (χ0) is 11.8. The Hall–Kier alpha value is -0.860. The molecule has 2 unspecified atom stereocenters. The Morgan fingerprint density at radius 2 is 1.82 bits per heavy atom. The van der Waals surface area contributed by atoms with E-state index in [2.05, 4.69) is 36.1 Å². The Bertz CT molecular complexity index is 377. The second-order valence-electron chi connectivity index (χ2n) is 5.76. The lowest BCUT2D eigenvalue weighted by molar-refractivity contribution is 0.124. The minimum atomic E-state index is 0.368. The first-order valence-electron chi connectivity index (χ1n) is 6.80. The van der Waals surface area contributed by atoms with Crippen LogP contribution in [0.1, 0.15) is 24.5 Å². The molecule has 0 amide bonds. The Balaban J connectivity index is 1.69. The number of hydrogen-bond donors (Lipinski definition) is 1. The van der Waals surface area contributed by atoms with E-state index in [1.807, 2.05) is 0 Å². The van der Waals surface area contributed by atoms with E-state index in [-0.39, 0.29) is 0 Å². The average Bonchev–Trinajstić information content (AvgIpc) is 2.76. The molecule has 1 aliphatic carbocycles. The van der Waals surface area contributed by atoms with Crippen molar-refractivity contribution in [2.75, 3.05) is 13.1 Å². The van der Waals surface area contributed by atoms with Gasteiger partial charge in [0, 0.05) is 18.6 Å². The van der Waals surface area contributed by atoms with Gasteiger partial charge in [-0.05, 0) is 42.9 Å². The molecule has 0 saturated carbocycles. The van der Waals surface area contributed by atoms with Crippen LogP contribution in [0.2, 0.25) is 0 Å². The summed E-state index contributed by atoms with van der Waals surface area (Å²) in [7, 11) is 0. The summed E-state index contributed by atoms with van der Waals surface area (Å²) in [5.41, 5.74) is 9.29. The fraction of sp³-hybridized carbons (Fsp3) is 0.600. The largest absolute Gasteiger partial charge is 0.326 e. The molecule has 0 radical (unpaired) electrons. The number of likely N-dealkylation sites (tertiary alicyclic amines) is 1. The zero-order valence-electron chi connectivity index (χ0n) is 10.6. The van der Waals surface area contributed by atoms with Crippen molar-refractivity contribution in [2.45, 2.75) is 38.3 Å². The highest BCUT2D eigenvalue weighted by Crippen LogP contribution is 2.28. The molecular formula is C15H22N2. The van der Waals surface area contributed by atoms with E-state index in [9.17, 15) is 0 Å². The topological polar surface area (TPSA) is 29.3 Å². The number of nitrogens with two attached hydrogens (primary N) is 1. The summed E-state index contributed by atoms with van der Waals surface area (Å²) in [6.07, 6.45) is 3.70. The van der Waals surface area contributed by atoms with E-state index >= 15 is 0 Å². The highest BCUT2D eigenvalue weighted by atomic mass is 15.2. The molecule has 17 heavy (non-hydrogen) atoms. The van der Waals surface area contributed by atoms with Crippen molar-refractivity contribution < 1.29 is 0 Å². The molecule has 2 nitrogen and oxygen atoms in total. The van der Waals surface area contributed by atoms with E-state index < -0.39 is 0 Å². The third-order valence-corrected chi connectivity index (χ3v) is 4.59. The van der Waals surface area contributed by atoms with Crippen LogP contribution in [-0.4, -0.2) is 30.1 Å². The molecule has 1 aromatic rings. The third-order valence-electron chi connectivity index (χ3n) is 4.59. The predicted molar refractivity (Wildman–Crippen MR) is 71.0 cm³/mol. The van der Waals surface area contributed by atoms with Crippen LogP contribution < -0.4 is 5.73 Å².